The van der Waals surface area contributed by atoms with Crippen LogP contribution in [0.5, 0.6) is 0 Å². The fourth-order valence-electron chi connectivity index (χ4n) is 6.72. The average Bonchev–Trinajstić information content (AvgIpc) is 4.11. The third-order valence-electron chi connectivity index (χ3n) is 9.79. The monoisotopic (exact) mass is 1190 g/mol. The highest BCUT2D eigenvalue weighted by Crippen LogP contribution is 2.58. The van der Waals surface area contributed by atoms with E-state index in [0.29, 0.717) is 0 Å². The lowest BCUT2D eigenvalue weighted by molar-refractivity contribution is -0.313. The molecule has 4 rings (SSSR count). The topological polar surface area (TPSA) is 450 Å². The van der Waals surface area contributed by atoms with Crippen molar-refractivity contribution in [1.82, 2.24) is 19.5 Å². The largest absolute Gasteiger partial charge is 0.475 e. The van der Waals surface area contributed by atoms with Crippen LogP contribution in [0.1, 0.15) is 47.8 Å². The molecule has 0 aliphatic carbocycles. The average molecular weight is 1190 g/mol. The molecular weight excluding hydrogens is 1120 g/mol. The van der Waals surface area contributed by atoms with Crippen LogP contribution in [0.3, 0.4) is 0 Å². The molecule has 78 heavy (non-hydrogen) atoms. The third-order valence-corrected chi connectivity index (χ3v) is 14.3. The van der Waals surface area contributed by atoms with Crippen LogP contribution >= 0.6 is 23.5 Å². The Kier molecular flexibility index (Phi) is 26.9. The number of nitrogens with zero attached hydrogens (tertiary/aromatic N) is 4. The Morgan fingerprint density at radius 1 is 0.526 bits per heavy atom. The van der Waals surface area contributed by atoms with Gasteiger partial charge in [-0.15, -0.1) is 0 Å². The molecule has 35 nitrogen and oxygen atoms in total. The molecule has 2 aromatic heterocycles. The van der Waals surface area contributed by atoms with Gasteiger partial charge in [0.25, 0.3) is 0 Å². The summed E-state index contributed by atoms with van der Waals surface area (Å²) >= 11 is 0. The molecule has 2 aliphatic rings. The fourth-order valence-corrected chi connectivity index (χ4v) is 10.7. The van der Waals surface area contributed by atoms with Gasteiger partial charge < -0.3 is 63.7 Å². The number of aliphatic hydroxyl groups is 3. The predicted molar refractivity (Wildman–Crippen MR) is 250 cm³/mol. The SMILES string of the molecule is CC(=O)OCCOP(=O)(OCCOC(C)=O)O[C@@H]1[C@@H](O)[C@@H](OC2[C@@H](OP(=O)(OCCOC(C)=O)OCCOC(C)=O)[C@H](n3cnc4c(N)ncnc43)O[C@@H]2CO)O[C@H](CO)[C@H]1OP(=O)(OCCOC(C)=O)OCCOC(C)=O. The van der Waals surface area contributed by atoms with Crippen LogP contribution in [0.15, 0.2) is 12.7 Å². The number of imidazole rings is 1. The molecule has 0 spiro atoms. The van der Waals surface area contributed by atoms with E-state index in [1.165, 1.54) is 4.57 Å². The molecule has 442 valence electrons. The molecular formula is C40H62N5O30P3. The number of phosphoric acid groups is 3. The number of hydrogen-bond donors (Lipinski definition) is 4. The lowest BCUT2D eigenvalue weighted by Gasteiger charge is -2.45. The number of hydrogen-bond acceptors (Lipinski definition) is 34. The zero-order valence-electron chi connectivity index (χ0n) is 42.8. The number of rotatable bonds is 35. The van der Waals surface area contributed by atoms with E-state index in [0.717, 1.165) is 54.2 Å². The molecule has 0 aromatic carbocycles. The van der Waals surface area contributed by atoms with Crippen LogP contribution in [-0.4, -0.2) is 212 Å². The molecule has 2 fully saturated rings. The van der Waals surface area contributed by atoms with Gasteiger partial charge in [0.1, 0.15) is 94.2 Å². The van der Waals surface area contributed by atoms with Gasteiger partial charge in [0.05, 0.1) is 59.2 Å². The van der Waals surface area contributed by atoms with Crippen LogP contribution in [0, 0.1) is 0 Å². The summed E-state index contributed by atoms with van der Waals surface area (Å²) in [5, 5.41) is 34.2. The number of anilines is 1. The standard InChI is InChI=1S/C40H62N5O30P3/c1-23(48)58-7-13-64-76(55,65-14-8-59-24(2)49)73-34-30(20-47)71-40(32(54)35(34)74-77(56,66-15-9-60-25(3)50)67-16-10-61-26(4)51)72-33-29(19-46)70-39(45-22-44-31-37(41)42-21-43-38(31)45)36(33)75-78(57,68-17-11-62-27(5)52)69-18-12-63-28(6)53/h21-22,29-30,32-36,39-40,46-47,54H,7-20H2,1-6H3,(H2,41,42,43)/t29-,30-,32-,33?,34-,35-,36-,39-,40-/m1/s1. The van der Waals surface area contributed by atoms with Crippen LogP contribution in [0.2, 0.25) is 0 Å². The Hall–Kier alpha value is -4.74. The van der Waals surface area contributed by atoms with E-state index in [-0.39, 0.29) is 17.0 Å². The summed E-state index contributed by atoms with van der Waals surface area (Å²) in [6.45, 7) is -3.18. The van der Waals surface area contributed by atoms with E-state index in [9.17, 15) is 57.8 Å². The van der Waals surface area contributed by atoms with Gasteiger partial charge >= 0.3 is 59.3 Å². The minimum Gasteiger partial charge on any atom is -0.463 e. The third kappa shape index (κ3) is 21.1. The number of phosphoric ester groups is 3. The number of carbonyl (C=O) groups is 6. The molecule has 1 unspecified atom stereocenters. The van der Waals surface area contributed by atoms with Crippen molar-refractivity contribution >= 4 is 76.3 Å². The smallest absolute Gasteiger partial charge is 0.463 e. The molecule has 4 heterocycles. The molecule has 38 heteroatoms. The van der Waals surface area contributed by atoms with Crippen molar-refractivity contribution in [3.05, 3.63) is 12.7 Å². The summed E-state index contributed by atoms with van der Waals surface area (Å²) < 4.78 is 143. The second-order valence-corrected chi connectivity index (χ2v) is 20.6. The van der Waals surface area contributed by atoms with Crippen LogP contribution in [0.25, 0.3) is 11.2 Å². The molecule has 2 aliphatic heterocycles. The number of esters is 6. The van der Waals surface area contributed by atoms with E-state index in [1.54, 1.807) is 0 Å². The van der Waals surface area contributed by atoms with Crippen molar-refractivity contribution < 1.29 is 141 Å². The van der Waals surface area contributed by atoms with Gasteiger partial charge in [0, 0.05) is 41.5 Å². The quantitative estimate of drug-likeness (QED) is 0.0298. The first-order valence-corrected chi connectivity index (χ1v) is 27.6. The fraction of sp³-hybridized carbons (Fsp3) is 0.725. The highest BCUT2D eigenvalue weighted by molar-refractivity contribution is 7.49. The number of aliphatic hydroxyl groups excluding tert-OH is 3. The maximum Gasteiger partial charge on any atom is 0.475 e. The van der Waals surface area contributed by atoms with E-state index in [1.807, 2.05) is 0 Å². The highest BCUT2D eigenvalue weighted by atomic mass is 31.2. The lowest BCUT2D eigenvalue weighted by atomic mass is 9.99. The molecule has 2 aromatic rings. The number of fused-ring (bicyclic) bond motifs is 1. The summed E-state index contributed by atoms with van der Waals surface area (Å²) in [4.78, 5) is 81.7. The van der Waals surface area contributed by atoms with Gasteiger partial charge in [-0.05, 0) is 0 Å². The number of nitrogen functional groups attached to an aromatic ring is 1. The Morgan fingerprint density at radius 3 is 1.26 bits per heavy atom. The summed E-state index contributed by atoms with van der Waals surface area (Å²) in [6.07, 6.45) is -16.1. The first-order chi connectivity index (χ1) is 36.9. The van der Waals surface area contributed by atoms with Crippen molar-refractivity contribution in [3.63, 3.8) is 0 Å². The molecule has 9 atom stereocenters. The zero-order valence-corrected chi connectivity index (χ0v) is 45.5. The van der Waals surface area contributed by atoms with Crippen LogP contribution < -0.4 is 5.73 Å². The first kappa shape index (κ1) is 65.8. The van der Waals surface area contributed by atoms with Crippen molar-refractivity contribution in [3.8, 4) is 0 Å². The zero-order chi connectivity index (χ0) is 57.6. The summed E-state index contributed by atoms with van der Waals surface area (Å²) in [7, 11) is -15.5. The van der Waals surface area contributed by atoms with Gasteiger partial charge in [-0.1, -0.05) is 0 Å². The van der Waals surface area contributed by atoms with Crippen molar-refractivity contribution in [1.29, 1.82) is 0 Å². The van der Waals surface area contributed by atoms with Gasteiger partial charge in [-0.25, -0.2) is 28.6 Å². The molecule has 5 N–H and O–H groups in total. The predicted octanol–water partition coefficient (Wildman–Crippen LogP) is -0.280. The van der Waals surface area contributed by atoms with Crippen molar-refractivity contribution in [2.24, 2.45) is 0 Å². The van der Waals surface area contributed by atoms with Gasteiger partial charge in [-0.2, -0.15) is 0 Å². The maximum absolute atomic E-state index is 14.7. The number of ether oxygens (including phenoxy) is 9. The Morgan fingerprint density at radius 2 is 0.885 bits per heavy atom. The van der Waals surface area contributed by atoms with Crippen molar-refractivity contribution in [2.75, 3.05) is 98.2 Å². The normalized spacial score (nSPS) is 22.7. The van der Waals surface area contributed by atoms with Gasteiger partial charge in [0.15, 0.2) is 24.0 Å². The molecule has 0 bridgehead atoms. The lowest BCUT2D eigenvalue weighted by Crippen LogP contribution is -2.61. The molecule has 0 radical (unpaired) electrons. The van der Waals surface area contributed by atoms with E-state index in [4.69, 9.17) is 89.1 Å². The minimum atomic E-state index is -5.25. The second kappa shape index (κ2) is 31.9. The Balaban J connectivity index is 1.86. The second-order valence-electron chi connectivity index (χ2n) is 15.7. The van der Waals surface area contributed by atoms with Crippen LogP contribution in [-0.2, 0) is 126 Å². The summed E-state index contributed by atoms with van der Waals surface area (Å²) in [5.41, 5.74) is 6.04. The number of carbonyl (C=O) groups excluding carboxylic acids is 6. The highest BCUT2D eigenvalue weighted by Gasteiger charge is 2.58. The van der Waals surface area contributed by atoms with E-state index < -0.39 is 207 Å². The van der Waals surface area contributed by atoms with Gasteiger partial charge in [-0.3, -0.25) is 74.0 Å². The molecule has 0 amide bonds. The Bertz CT molecular complexity index is 2370. The Labute approximate surface area is 443 Å². The minimum absolute atomic E-state index is 0.0173. The number of aromatic nitrogens is 4. The van der Waals surface area contributed by atoms with Crippen molar-refractivity contribution in [2.45, 2.75) is 96.8 Å². The molecule has 2 saturated heterocycles. The summed E-state index contributed by atoms with van der Waals surface area (Å²) in [5.74, 6) is -4.74. The van der Waals surface area contributed by atoms with E-state index in [2.05, 4.69) is 15.0 Å². The maximum atomic E-state index is 14.7. The number of nitrogens with two attached hydrogens (primary N) is 1. The molecule has 0 saturated carbocycles. The van der Waals surface area contributed by atoms with Crippen LogP contribution in [0.4, 0.5) is 5.82 Å². The summed E-state index contributed by atoms with van der Waals surface area (Å²) in [6, 6.07) is 0. The van der Waals surface area contributed by atoms with E-state index >= 15 is 0 Å². The first-order valence-electron chi connectivity index (χ1n) is 23.2. The van der Waals surface area contributed by atoms with Gasteiger partial charge in [0.2, 0.25) is 0 Å².